The quantitative estimate of drug-likeness (QED) is 0.156. The first-order valence-electron chi connectivity index (χ1n) is 10.6. The van der Waals surface area contributed by atoms with Crippen LogP contribution in [0, 0.1) is 13.8 Å². The number of benzene rings is 2. The molecule has 0 unspecified atom stereocenters. The molecule has 32 heavy (non-hydrogen) atoms. The Labute approximate surface area is 201 Å². The van der Waals surface area contributed by atoms with Crippen LogP contribution in [-0.2, 0) is 6.42 Å². The minimum absolute atomic E-state index is 0.00812. The summed E-state index contributed by atoms with van der Waals surface area (Å²) in [5.41, 5.74) is 2.98. The zero-order valence-corrected chi connectivity index (χ0v) is 20.7. The smallest absolute Gasteiger partial charge is 0.267 e. The number of para-hydroxylation sites is 1. The summed E-state index contributed by atoms with van der Waals surface area (Å²) in [6.07, 6.45) is 2.01. The number of hydrogen-bond donors (Lipinski definition) is 0. The lowest BCUT2D eigenvalue weighted by atomic mass is 10.1. The van der Waals surface area contributed by atoms with Gasteiger partial charge in [-0.2, -0.15) is 0 Å². The highest BCUT2D eigenvalue weighted by Crippen LogP contribution is 2.31. The van der Waals surface area contributed by atoms with Gasteiger partial charge in [0.2, 0.25) is 0 Å². The Morgan fingerprint density at radius 3 is 2.72 bits per heavy atom. The van der Waals surface area contributed by atoms with E-state index in [1.807, 2.05) is 62.4 Å². The number of thiophene rings is 1. The Kier molecular flexibility index (Phi) is 7.23. The van der Waals surface area contributed by atoms with Gasteiger partial charge >= 0.3 is 0 Å². The number of nitrogens with zero attached hydrogens (tertiary/aromatic N) is 2. The van der Waals surface area contributed by atoms with Gasteiger partial charge in [0.1, 0.15) is 10.6 Å². The van der Waals surface area contributed by atoms with Crippen LogP contribution in [0.15, 0.2) is 58.5 Å². The van der Waals surface area contributed by atoms with Crippen molar-refractivity contribution in [3.63, 3.8) is 0 Å². The van der Waals surface area contributed by atoms with Crippen LogP contribution in [0.4, 0.5) is 0 Å². The van der Waals surface area contributed by atoms with Gasteiger partial charge in [-0.3, -0.25) is 9.36 Å². The van der Waals surface area contributed by atoms with Crippen molar-refractivity contribution in [3.05, 3.63) is 79.9 Å². The average molecular weight is 485 g/mol. The highest BCUT2D eigenvalue weighted by atomic mass is 35.5. The maximum Gasteiger partial charge on any atom is 0.267 e. The van der Waals surface area contributed by atoms with E-state index >= 15 is 0 Å². The summed E-state index contributed by atoms with van der Waals surface area (Å²) in [7, 11) is 0. The fraction of sp³-hybridized carbons (Fsp3) is 0.280. The normalized spacial score (nSPS) is 11.2. The van der Waals surface area contributed by atoms with E-state index in [-0.39, 0.29) is 5.56 Å². The van der Waals surface area contributed by atoms with Crippen molar-refractivity contribution < 1.29 is 4.74 Å². The zero-order valence-electron chi connectivity index (χ0n) is 18.4. The monoisotopic (exact) mass is 484 g/mol. The third-order valence-electron chi connectivity index (χ3n) is 5.18. The van der Waals surface area contributed by atoms with Crippen molar-refractivity contribution in [1.82, 2.24) is 9.55 Å². The molecule has 4 aromatic rings. The largest absolute Gasteiger partial charge is 0.491 e. The molecule has 2 aromatic carbocycles. The number of halogens is 1. The summed E-state index contributed by atoms with van der Waals surface area (Å²) in [5, 5.41) is 2.00. The molecule has 0 aliphatic heterocycles. The molecule has 0 aliphatic carbocycles. The molecule has 7 heteroatoms. The maximum atomic E-state index is 13.7. The molecule has 4 nitrogen and oxygen atoms in total. The maximum absolute atomic E-state index is 13.7. The highest BCUT2D eigenvalue weighted by Gasteiger charge is 2.19. The number of ether oxygens (including phenoxy) is 1. The topological polar surface area (TPSA) is 44.1 Å². The molecule has 0 N–H and O–H groups in total. The number of aromatic nitrogens is 2. The van der Waals surface area contributed by atoms with Gasteiger partial charge in [0.15, 0.2) is 5.16 Å². The Hall–Kier alpha value is -2.28. The molecular formula is C25H25ClN2O2S2. The molecule has 0 spiro atoms. The van der Waals surface area contributed by atoms with Crippen LogP contribution in [0.2, 0.25) is 5.02 Å². The van der Waals surface area contributed by atoms with Crippen molar-refractivity contribution in [2.24, 2.45) is 0 Å². The van der Waals surface area contributed by atoms with Crippen molar-refractivity contribution >= 4 is 44.9 Å². The Morgan fingerprint density at radius 1 is 1.16 bits per heavy atom. The summed E-state index contributed by atoms with van der Waals surface area (Å²) in [5.74, 6) is 1.30. The lowest BCUT2D eigenvalue weighted by Gasteiger charge is -2.13. The molecule has 0 radical (unpaired) electrons. The standard InChI is InChI=1S/C25H25ClN2O2S2/c1-4-8-21-17(3)22-23(32-21)27-25(28(24(22)29)18-10-7-9-16(2)15-18)31-14-13-30-20-12-6-5-11-19(20)26/h5-7,9-12,15H,4,8,13-14H2,1-3H3. The van der Waals surface area contributed by atoms with E-state index in [4.69, 9.17) is 21.3 Å². The zero-order chi connectivity index (χ0) is 22.7. The molecule has 2 heterocycles. The number of aryl methyl sites for hydroxylation is 3. The Morgan fingerprint density at radius 2 is 1.97 bits per heavy atom. The summed E-state index contributed by atoms with van der Waals surface area (Å²) >= 11 is 9.34. The van der Waals surface area contributed by atoms with Crippen LogP contribution < -0.4 is 10.3 Å². The first-order valence-corrected chi connectivity index (χ1v) is 12.8. The molecule has 0 amide bonds. The van der Waals surface area contributed by atoms with Gasteiger partial charge in [-0.05, 0) is 55.7 Å². The molecule has 2 aromatic heterocycles. The summed E-state index contributed by atoms with van der Waals surface area (Å²) in [4.78, 5) is 20.7. The van der Waals surface area contributed by atoms with E-state index in [2.05, 4.69) is 6.92 Å². The second-order valence-electron chi connectivity index (χ2n) is 7.58. The second-order valence-corrected chi connectivity index (χ2v) is 10.1. The van der Waals surface area contributed by atoms with E-state index in [1.165, 1.54) is 16.6 Å². The average Bonchev–Trinajstić information content (AvgIpc) is 3.08. The van der Waals surface area contributed by atoms with E-state index in [9.17, 15) is 4.79 Å². The minimum atomic E-state index is -0.00812. The van der Waals surface area contributed by atoms with Crippen molar-refractivity contribution in [2.75, 3.05) is 12.4 Å². The fourth-order valence-corrected chi connectivity index (χ4v) is 5.95. The number of rotatable bonds is 8. The van der Waals surface area contributed by atoms with Crippen LogP contribution in [0.3, 0.4) is 0 Å². The van der Waals surface area contributed by atoms with E-state index in [1.54, 1.807) is 15.9 Å². The third kappa shape index (κ3) is 4.72. The third-order valence-corrected chi connectivity index (χ3v) is 7.64. The van der Waals surface area contributed by atoms with E-state index < -0.39 is 0 Å². The molecule has 0 saturated heterocycles. The molecule has 0 saturated carbocycles. The van der Waals surface area contributed by atoms with Crippen LogP contribution in [-0.4, -0.2) is 21.9 Å². The van der Waals surface area contributed by atoms with Crippen molar-refractivity contribution in [3.8, 4) is 11.4 Å². The van der Waals surface area contributed by atoms with Gasteiger partial charge in [-0.15, -0.1) is 11.3 Å². The molecule has 166 valence electrons. The van der Waals surface area contributed by atoms with Crippen molar-refractivity contribution in [1.29, 1.82) is 0 Å². The molecule has 0 fully saturated rings. The van der Waals surface area contributed by atoms with E-state index in [0.29, 0.717) is 28.3 Å². The van der Waals surface area contributed by atoms with Crippen LogP contribution in [0.5, 0.6) is 5.75 Å². The summed E-state index contributed by atoms with van der Waals surface area (Å²) in [6.45, 7) is 6.68. The van der Waals surface area contributed by atoms with Gasteiger partial charge in [-0.25, -0.2) is 4.98 Å². The SMILES string of the molecule is CCCc1sc2nc(SCCOc3ccccc3Cl)n(-c3cccc(C)c3)c(=O)c2c1C. The van der Waals surface area contributed by atoms with Crippen LogP contribution >= 0.6 is 34.7 Å². The number of thioether (sulfide) groups is 1. The Balaban J connectivity index is 1.70. The molecule has 4 rings (SSSR count). The fourth-order valence-electron chi connectivity index (χ4n) is 3.61. The lowest BCUT2D eigenvalue weighted by molar-refractivity contribution is 0.344. The van der Waals surface area contributed by atoms with Crippen LogP contribution in [0.1, 0.15) is 29.3 Å². The predicted octanol–water partition coefficient (Wildman–Crippen LogP) is 6.84. The first-order chi connectivity index (χ1) is 15.5. The second kappa shape index (κ2) is 10.1. The van der Waals surface area contributed by atoms with Gasteiger partial charge in [0.05, 0.1) is 22.7 Å². The summed E-state index contributed by atoms with van der Waals surface area (Å²) < 4.78 is 7.57. The molecule has 0 atom stereocenters. The lowest BCUT2D eigenvalue weighted by Crippen LogP contribution is -2.22. The van der Waals surface area contributed by atoms with Gasteiger partial charge in [-0.1, -0.05) is 61.0 Å². The molecule has 0 bridgehead atoms. The highest BCUT2D eigenvalue weighted by molar-refractivity contribution is 7.99. The van der Waals surface area contributed by atoms with E-state index in [0.717, 1.165) is 39.9 Å². The van der Waals surface area contributed by atoms with Gasteiger partial charge < -0.3 is 4.74 Å². The van der Waals surface area contributed by atoms with Crippen LogP contribution in [0.25, 0.3) is 15.9 Å². The first kappa shape index (κ1) is 22.9. The summed E-state index contributed by atoms with van der Waals surface area (Å²) in [6, 6.07) is 15.4. The minimum Gasteiger partial charge on any atom is -0.491 e. The number of fused-ring (bicyclic) bond motifs is 1. The molecule has 0 aliphatic rings. The number of hydrogen-bond acceptors (Lipinski definition) is 5. The van der Waals surface area contributed by atoms with Crippen molar-refractivity contribution in [2.45, 2.75) is 38.8 Å². The molecular weight excluding hydrogens is 460 g/mol. The van der Waals surface area contributed by atoms with Gasteiger partial charge in [0, 0.05) is 10.6 Å². The Bertz CT molecular complexity index is 1310. The van der Waals surface area contributed by atoms with Gasteiger partial charge in [0.25, 0.3) is 5.56 Å². The predicted molar refractivity (Wildman–Crippen MR) is 136 cm³/mol.